The molecule has 0 aliphatic carbocycles. The number of halogens is 1. The van der Waals surface area contributed by atoms with Crippen molar-refractivity contribution in [3.63, 3.8) is 0 Å². The second kappa shape index (κ2) is 4.82. The maximum atomic E-state index is 11.6. The molecule has 2 N–H and O–H groups in total. The molecule has 7 heteroatoms. The number of phenolic OH excluding ortho intramolecular Hbond substituents is 1. The van der Waals surface area contributed by atoms with Crippen LogP contribution in [-0.4, -0.2) is 18.8 Å². The topological polar surface area (TPSA) is 90.2 Å². The highest BCUT2D eigenvalue weighted by molar-refractivity contribution is 7.93. The Morgan fingerprint density at radius 2 is 2.12 bits per heavy atom. The van der Waals surface area contributed by atoms with Gasteiger partial charge in [0.25, 0.3) is 0 Å². The predicted molar refractivity (Wildman–Crippen MR) is 65.5 cm³/mol. The normalized spacial score (nSPS) is 12.8. The van der Waals surface area contributed by atoms with Crippen LogP contribution in [0.5, 0.6) is 5.75 Å². The highest BCUT2D eigenvalue weighted by Gasteiger charge is 2.22. The van der Waals surface area contributed by atoms with Crippen LogP contribution < -0.4 is 4.72 Å². The zero-order valence-corrected chi connectivity index (χ0v) is 10.8. The molecule has 1 unspecified atom stereocenters. The number of anilines is 1. The molecule has 0 amide bonds. The predicted octanol–water partition coefficient (Wildman–Crippen LogP) is 2.01. The van der Waals surface area contributed by atoms with Crippen LogP contribution in [-0.2, 0) is 10.0 Å². The van der Waals surface area contributed by atoms with Crippen LogP contribution in [0.2, 0.25) is 5.02 Å². The number of benzene rings is 1. The number of hydrogen-bond acceptors (Lipinski definition) is 4. The monoisotopic (exact) mass is 274 g/mol. The number of hydrogen-bond donors (Lipinski definition) is 2. The van der Waals surface area contributed by atoms with Crippen molar-refractivity contribution in [3.8, 4) is 11.8 Å². The van der Waals surface area contributed by atoms with Crippen molar-refractivity contribution < 1.29 is 13.5 Å². The molecule has 0 heterocycles. The Labute approximate surface area is 105 Å². The summed E-state index contributed by atoms with van der Waals surface area (Å²) in [5, 5.41) is 17.3. The van der Waals surface area contributed by atoms with E-state index in [2.05, 4.69) is 4.72 Å². The lowest BCUT2D eigenvalue weighted by Crippen LogP contribution is -2.23. The minimum atomic E-state index is -3.85. The van der Waals surface area contributed by atoms with E-state index < -0.39 is 15.3 Å². The first-order chi connectivity index (χ1) is 7.77. The highest BCUT2D eigenvalue weighted by atomic mass is 35.5. The van der Waals surface area contributed by atoms with Crippen molar-refractivity contribution in [1.82, 2.24) is 0 Å². The minimum Gasteiger partial charge on any atom is -0.505 e. The fraction of sp³-hybridized carbons (Fsp3) is 0.300. The van der Waals surface area contributed by atoms with Crippen LogP contribution in [0.4, 0.5) is 5.69 Å². The Morgan fingerprint density at radius 3 is 2.65 bits per heavy atom. The third-order valence-electron chi connectivity index (χ3n) is 2.16. The summed E-state index contributed by atoms with van der Waals surface area (Å²) in [5.74, 6) is -0.205. The van der Waals surface area contributed by atoms with Crippen molar-refractivity contribution >= 4 is 27.3 Å². The van der Waals surface area contributed by atoms with E-state index in [1.165, 1.54) is 19.1 Å². The second-order valence-corrected chi connectivity index (χ2v) is 5.97. The first-order valence-corrected chi connectivity index (χ1v) is 6.60. The first-order valence-electron chi connectivity index (χ1n) is 4.68. The summed E-state index contributed by atoms with van der Waals surface area (Å²) < 4.78 is 25.4. The Bertz CT molecular complexity index is 578. The second-order valence-electron chi connectivity index (χ2n) is 3.54. The molecule has 0 saturated carbocycles. The quantitative estimate of drug-likeness (QED) is 0.825. The van der Waals surface area contributed by atoms with Gasteiger partial charge in [-0.1, -0.05) is 11.6 Å². The van der Waals surface area contributed by atoms with Gasteiger partial charge in [-0.2, -0.15) is 5.26 Å². The smallest absolute Gasteiger partial charge is 0.248 e. The van der Waals surface area contributed by atoms with E-state index in [-0.39, 0.29) is 11.4 Å². The van der Waals surface area contributed by atoms with Gasteiger partial charge in [0.2, 0.25) is 10.0 Å². The van der Waals surface area contributed by atoms with Gasteiger partial charge < -0.3 is 5.11 Å². The molecule has 0 radical (unpaired) electrons. The lowest BCUT2D eigenvalue weighted by atomic mass is 10.2. The van der Waals surface area contributed by atoms with E-state index in [1.54, 1.807) is 13.0 Å². The van der Waals surface area contributed by atoms with Crippen molar-refractivity contribution in [2.45, 2.75) is 19.1 Å². The molecule has 0 aliphatic heterocycles. The summed E-state index contributed by atoms with van der Waals surface area (Å²) >= 11 is 5.75. The molecule has 17 heavy (non-hydrogen) atoms. The number of nitrogens with zero attached hydrogens (tertiary/aromatic N) is 1. The molecule has 5 nitrogen and oxygen atoms in total. The van der Waals surface area contributed by atoms with Gasteiger partial charge in [0.15, 0.2) is 5.25 Å². The lowest BCUT2D eigenvalue weighted by molar-refractivity contribution is 0.473. The number of nitrogens with one attached hydrogen (secondary N) is 1. The Morgan fingerprint density at radius 1 is 1.53 bits per heavy atom. The van der Waals surface area contributed by atoms with Crippen LogP contribution in [0.1, 0.15) is 12.5 Å². The van der Waals surface area contributed by atoms with Crippen LogP contribution in [0, 0.1) is 18.3 Å². The molecular formula is C10H11ClN2O3S. The van der Waals surface area contributed by atoms with Gasteiger partial charge in [-0.3, -0.25) is 4.72 Å². The molecule has 0 saturated heterocycles. The molecule has 0 fully saturated rings. The molecular weight excluding hydrogens is 264 g/mol. The molecule has 1 aromatic carbocycles. The summed E-state index contributed by atoms with van der Waals surface area (Å²) in [6.07, 6.45) is 0. The number of sulfonamides is 1. The largest absolute Gasteiger partial charge is 0.505 e. The fourth-order valence-electron chi connectivity index (χ4n) is 1.12. The van der Waals surface area contributed by atoms with Crippen molar-refractivity contribution in [3.05, 3.63) is 22.7 Å². The Balaban J connectivity index is 3.18. The third kappa shape index (κ3) is 3.02. The van der Waals surface area contributed by atoms with E-state index in [9.17, 15) is 13.5 Å². The third-order valence-corrected chi connectivity index (χ3v) is 3.92. The summed E-state index contributed by atoms with van der Waals surface area (Å²) in [5.41, 5.74) is 0.414. The molecule has 0 aliphatic rings. The molecule has 1 atom stereocenters. The van der Waals surface area contributed by atoms with Gasteiger partial charge in [0, 0.05) is 5.02 Å². The van der Waals surface area contributed by atoms with Crippen LogP contribution in [0.25, 0.3) is 0 Å². The fourth-order valence-corrected chi connectivity index (χ4v) is 2.17. The van der Waals surface area contributed by atoms with Gasteiger partial charge >= 0.3 is 0 Å². The molecule has 92 valence electrons. The Kier molecular flexibility index (Phi) is 3.86. The average Bonchev–Trinajstić information content (AvgIpc) is 2.23. The number of nitriles is 1. The van der Waals surface area contributed by atoms with Gasteiger partial charge in [-0.25, -0.2) is 8.42 Å². The number of phenols is 1. The average molecular weight is 275 g/mol. The summed E-state index contributed by atoms with van der Waals surface area (Å²) in [6, 6.07) is 4.39. The van der Waals surface area contributed by atoms with Gasteiger partial charge in [-0.05, 0) is 31.5 Å². The SMILES string of the molecule is Cc1cc(Cl)cc(NS(=O)(=O)C(C)C#N)c1O. The van der Waals surface area contributed by atoms with Crippen molar-refractivity contribution in [2.24, 2.45) is 0 Å². The molecule has 1 rings (SSSR count). The van der Waals surface area contributed by atoms with E-state index >= 15 is 0 Å². The first kappa shape index (κ1) is 13.6. The zero-order valence-electron chi connectivity index (χ0n) is 9.23. The standard InChI is InChI=1S/C10H11ClN2O3S/c1-6-3-8(11)4-9(10(6)14)13-17(15,16)7(2)5-12/h3-4,7,13-14H,1-2H3. The number of rotatable bonds is 3. The summed E-state index contributed by atoms with van der Waals surface area (Å²) in [4.78, 5) is 0. The van der Waals surface area contributed by atoms with Crippen molar-refractivity contribution in [1.29, 1.82) is 5.26 Å². The minimum absolute atomic E-state index is 0.0305. The maximum Gasteiger partial charge on any atom is 0.248 e. The van der Waals surface area contributed by atoms with E-state index in [0.717, 1.165) is 0 Å². The van der Waals surface area contributed by atoms with Crippen LogP contribution >= 0.6 is 11.6 Å². The van der Waals surface area contributed by atoms with E-state index in [0.29, 0.717) is 10.6 Å². The van der Waals surface area contributed by atoms with Gasteiger partial charge in [-0.15, -0.1) is 0 Å². The highest BCUT2D eigenvalue weighted by Crippen LogP contribution is 2.31. The molecule has 0 aromatic heterocycles. The van der Waals surface area contributed by atoms with Crippen LogP contribution in [0.3, 0.4) is 0 Å². The van der Waals surface area contributed by atoms with Gasteiger partial charge in [0.05, 0.1) is 11.8 Å². The lowest BCUT2D eigenvalue weighted by Gasteiger charge is -2.12. The van der Waals surface area contributed by atoms with Crippen LogP contribution in [0.15, 0.2) is 12.1 Å². The van der Waals surface area contributed by atoms with Crippen molar-refractivity contribution in [2.75, 3.05) is 4.72 Å². The summed E-state index contributed by atoms with van der Waals surface area (Å²) in [6.45, 7) is 2.84. The van der Waals surface area contributed by atoms with E-state index in [4.69, 9.17) is 16.9 Å². The van der Waals surface area contributed by atoms with E-state index in [1.807, 2.05) is 0 Å². The molecule has 0 spiro atoms. The Hall–Kier alpha value is -1.45. The number of aromatic hydroxyl groups is 1. The molecule has 0 bridgehead atoms. The zero-order chi connectivity index (χ0) is 13.2. The number of aryl methyl sites for hydroxylation is 1. The summed E-state index contributed by atoms with van der Waals surface area (Å²) in [7, 11) is -3.85. The molecule has 1 aromatic rings. The van der Waals surface area contributed by atoms with Gasteiger partial charge in [0.1, 0.15) is 5.75 Å². The maximum absolute atomic E-state index is 11.6.